The fourth-order valence-electron chi connectivity index (χ4n) is 3.06. The molecule has 1 aromatic heterocycles. The van der Waals surface area contributed by atoms with E-state index in [0.717, 1.165) is 31.5 Å². The van der Waals surface area contributed by atoms with Gasteiger partial charge in [0.1, 0.15) is 16.9 Å². The van der Waals surface area contributed by atoms with Crippen LogP contribution in [0, 0.1) is 0 Å². The average Bonchev–Trinajstić information content (AvgIpc) is 3.22. The summed E-state index contributed by atoms with van der Waals surface area (Å²) in [5.74, 6) is -0.946. The molecule has 2 heterocycles. The Morgan fingerprint density at radius 3 is 2.46 bits per heavy atom. The van der Waals surface area contributed by atoms with Crippen molar-refractivity contribution in [2.24, 2.45) is 0 Å². The lowest BCUT2D eigenvalue weighted by atomic mass is 9.99. The molecular weight excluding hydrogens is 380 g/mol. The summed E-state index contributed by atoms with van der Waals surface area (Å²) < 4.78 is 0. The number of hydrogen-bond donors (Lipinski definition) is 2. The number of nitrogens with one attached hydrogen (secondary N) is 1. The minimum Gasteiger partial charge on any atom is -0.480 e. The molecule has 0 radical (unpaired) electrons. The molecule has 1 unspecified atom stereocenters. The van der Waals surface area contributed by atoms with Crippen molar-refractivity contribution in [2.75, 3.05) is 18.0 Å². The number of aromatic nitrogens is 2. The van der Waals surface area contributed by atoms with Gasteiger partial charge in [-0.1, -0.05) is 30.7 Å². The standard InChI is InChI=1S/C20H23ClN4O3/c1-3-20(2,19(27)28)24-18(26)15-12-22-17(25-10-4-5-11-25)16(23-15)13-6-8-14(21)9-7-13/h6-9,12H,3-5,10-11H2,1-2H3,(H,24,26)(H,27,28). The van der Waals surface area contributed by atoms with E-state index in [-0.39, 0.29) is 12.1 Å². The van der Waals surface area contributed by atoms with Crippen LogP contribution in [0.15, 0.2) is 30.5 Å². The Hall–Kier alpha value is -2.67. The zero-order valence-electron chi connectivity index (χ0n) is 15.9. The number of carboxylic acid groups (broad SMARTS) is 1. The number of benzene rings is 1. The van der Waals surface area contributed by atoms with Gasteiger partial charge < -0.3 is 15.3 Å². The number of anilines is 1. The van der Waals surface area contributed by atoms with Crippen molar-refractivity contribution < 1.29 is 14.7 Å². The predicted molar refractivity (Wildman–Crippen MR) is 108 cm³/mol. The Bertz CT molecular complexity index is 882. The van der Waals surface area contributed by atoms with E-state index >= 15 is 0 Å². The van der Waals surface area contributed by atoms with Crippen LogP contribution >= 0.6 is 11.6 Å². The molecule has 148 valence electrons. The van der Waals surface area contributed by atoms with Crippen molar-refractivity contribution in [3.63, 3.8) is 0 Å². The number of carboxylic acids is 1. The van der Waals surface area contributed by atoms with E-state index in [1.165, 1.54) is 13.1 Å². The Labute approximate surface area is 168 Å². The molecule has 3 rings (SSSR count). The first-order valence-corrected chi connectivity index (χ1v) is 9.65. The second kappa shape index (κ2) is 8.14. The van der Waals surface area contributed by atoms with Crippen LogP contribution in [0.2, 0.25) is 5.02 Å². The second-order valence-electron chi connectivity index (χ2n) is 7.07. The van der Waals surface area contributed by atoms with Crippen LogP contribution in [0.5, 0.6) is 0 Å². The lowest BCUT2D eigenvalue weighted by Crippen LogP contribution is -2.51. The molecule has 0 bridgehead atoms. The van der Waals surface area contributed by atoms with E-state index < -0.39 is 17.4 Å². The third-order valence-corrected chi connectivity index (χ3v) is 5.33. The fraction of sp³-hybridized carbons (Fsp3) is 0.400. The molecule has 8 heteroatoms. The van der Waals surface area contributed by atoms with Gasteiger partial charge >= 0.3 is 5.97 Å². The topological polar surface area (TPSA) is 95.4 Å². The number of rotatable bonds is 6. The Morgan fingerprint density at radius 1 is 1.25 bits per heavy atom. The van der Waals surface area contributed by atoms with Gasteiger partial charge in [-0.2, -0.15) is 0 Å². The van der Waals surface area contributed by atoms with E-state index in [0.29, 0.717) is 16.5 Å². The quantitative estimate of drug-likeness (QED) is 0.769. The molecule has 1 saturated heterocycles. The Balaban J connectivity index is 1.99. The van der Waals surface area contributed by atoms with Crippen molar-refractivity contribution >= 4 is 29.3 Å². The minimum atomic E-state index is -1.37. The number of aliphatic carboxylic acids is 1. The smallest absolute Gasteiger partial charge is 0.329 e. The van der Waals surface area contributed by atoms with Crippen LogP contribution in [0.25, 0.3) is 11.3 Å². The summed E-state index contributed by atoms with van der Waals surface area (Å²) in [7, 11) is 0. The Kier molecular flexibility index (Phi) is 5.84. The SMILES string of the molecule is CCC(C)(NC(=O)c1cnc(N2CCCC2)c(-c2ccc(Cl)cc2)n1)C(=O)O. The average molecular weight is 403 g/mol. The van der Waals surface area contributed by atoms with Gasteiger partial charge in [-0.15, -0.1) is 0 Å². The predicted octanol–water partition coefficient (Wildman–Crippen LogP) is 3.38. The number of amides is 1. The molecule has 1 aromatic carbocycles. The van der Waals surface area contributed by atoms with Gasteiger partial charge in [0.05, 0.1) is 6.20 Å². The summed E-state index contributed by atoms with van der Waals surface area (Å²) in [6, 6.07) is 7.19. The van der Waals surface area contributed by atoms with Gasteiger partial charge in [0.2, 0.25) is 0 Å². The molecule has 0 spiro atoms. The monoisotopic (exact) mass is 402 g/mol. The van der Waals surface area contributed by atoms with E-state index in [1.54, 1.807) is 19.1 Å². The van der Waals surface area contributed by atoms with Crippen molar-refractivity contribution in [3.05, 3.63) is 41.2 Å². The molecule has 2 N–H and O–H groups in total. The van der Waals surface area contributed by atoms with E-state index in [4.69, 9.17) is 11.6 Å². The van der Waals surface area contributed by atoms with Crippen LogP contribution in [-0.2, 0) is 4.79 Å². The summed E-state index contributed by atoms with van der Waals surface area (Å²) in [5, 5.41) is 12.6. The summed E-state index contributed by atoms with van der Waals surface area (Å²) in [5.41, 5.74) is 0.0887. The summed E-state index contributed by atoms with van der Waals surface area (Å²) in [6.07, 6.45) is 3.81. The molecule has 28 heavy (non-hydrogen) atoms. The molecule has 7 nitrogen and oxygen atoms in total. The van der Waals surface area contributed by atoms with Crippen LogP contribution in [0.4, 0.5) is 5.82 Å². The van der Waals surface area contributed by atoms with Gasteiger partial charge in [-0.05, 0) is 38.3 Å². The maximum atomic E-state index is 12.7. The summed E-state index contributed by atoms with van der Waals surface area (Å²) in [6.45, 7) is 4.94. The maximum Gasteiger partial charge on any atom is 0.329 e. The molecule has 1 amide bonds. The van der Waals surface area contributed by atoms with Crippen molar-refractivity contribution in [1.82, 2.24) is 15.3 Å². The first-order valence-electron chi connectivity index (χ1n) is 9.28. The number of carbonyl (C=O) groups excluding carboxylic acids is 1. The van der Waals surface area contributed by atoms with Gasteiger partial charge in [-0.3, -0.25) is 4.79 Å². The molecule has 0 saturated carbocycles. The molecule has 1 aliphatic rings. The number of nitrogens with zero attached hydrogens (tertiary/aromatic N) is 3. The minimum absolute atomic E-state index is 0.0776. The molecule has 1 aliphatic heterocycles. The van der Waals surface area contributed by atoms with Crippen LogP contribution < -0.4 is 10.2 Å². The normalized spacial score (nSPS) is 15.9. The molecule has 1 atom stereocenters. The highest BCUT2D eigenvalue weighted by atomic mass is 35.5. The van der Waals surface area contributed by atoms with E-state index in [1.807, 2.05) is 12.1 Å². The van der Waals surface area contributed by atoms with Crippen molar-refractivity contribution in [3.8, 4) is 11.3 Å². The van der Waals surface area contributed by atoms with E-state index in [2.05, 4.69) is 20.2 Å². The van der Waals surface area contributed by atoms with Gasteiger partial charge in [0.15, 0.2) is 5.82 Å². The van der Waals surface area contributed by atoms with Crippen LogP contribution in [0.1, 0.15) is 43.6 Å². The zero-order chi connectivity index (χ0) is 20.3. The summed E-state index contributed by atoms with van der Waals surface area (Å²) in [4.78, 5) is 35.4. The first kappa shape index (κ1) is 20.1. The highest BCUT2D eigenvalue weighted by molar-refractivity contribution is 6.30. The zero-order valence-corrected chi connectivity index (χ0v) is 16.7. The maximum absolute atomic E-state index is 12.7. The molecule has 1 fully saturated rings. The van der Waals surface area contributed by atoms with Crippen LogP contribution in [0.3, 0.4) is 0 Å². The largest absolute Gasteiger partial charge is 0.480 e. The van der Waals surface area contributed by atoms with Gasteiger partial charge in [0, 0.05) is 23.7 Å². The van der Waals surface area contributed by atoms with Crippen LogP contribution in [-0.4, -0.2) is 45.6 Å². The number of hydrogen-bond acceptors (Lipinski definition) is 5. The lowest BCUT2D eigenvalue weighted by molar-refractivity contribution is -0.143. The van der Waals surface area contributed by atoms with Crippen molar-refractivity contribution in [1.29, 1.82) is 0 Å². The summed E-state index contributed by atoms with van der Waals surface area (Å²) >= 11 is 6.00. The highest BCUT2D eigenvalue weighted by Crippen LogP contribution is 2.30. The Morgan fingerprint density at radius 2 is 1.89 bits per heavy atom. The molecule has 0 aliphatic carbocycles. The van der Waals surface area contributed by atoms with Gasteiger partial charge in [0.25, 0.3) is 5.91 Å². The van der Waals surface area contributed by atoms with Crippen molar-refractivity contribution in [2.45, 2.75) is 38.6 Å². The third-order valence-electron chi connectivity index (χ3n) is 5.08. The molecular formula is C20H23ClN4O3. The van der Waals surface area contributed by atoms with E-state index in [9.17, 15) is 14.7 Å². The first-order chi connectivity index (χ1) is 13.3. The second-order valence-corrected chi connectivity index (χ2v) is 7.51. The third kappa shape index (κ3) is 4.09. The molecule has 2 aromatic rings. The fourth-order valence-corrected chi connectivity index (χ4v) is 3.19. The number of carbonyl (C=O) groups is 2. The highest BCUT2D eigenvalue weighted by Gasteiger charge is 2.34. The lowest BCUT2D eigenvalue weighted by Gasteiger charge is -2.25. The van der Waals surface area contributed by atoms with Gasteiger partial charge in [-0.25, -0.2) is 14.8 Å². The number of halogens is 1.